The molecule has 0 atom stereocenters. The Morgan fingerprint density at radius 2 is 2.27 bits per heavy atom. The van der Waals surface area contributed by atoms with Gasteiger partial charge in [0.25, 0.3) is 0 Å². The van der Waals surface area contributed by atoms with E-state index in [1.165, 1.54) is 0 Å². The molecule has 4 nitrogen and oxygen atoms in total. The van der Waals surface area contributed by atoms with Gasteiger partial charge in [0.2, 0.25) is 0 Å². The van der Waals surface area contributed by atoms with Gasteiger partial charge in [-0.3, -0.25) is 4.79 Å². The molecule has 0 aliphatic rings. The quantitative estimate of drug-likeness (QED) is 0.548. The van der Waals surface area contributed by atoms with E-state index in [-0.39, 0.29) is 12.5 Å². The Hall–Kier alpha value is -0.610. The van der Waals surface area contributed by atoms with Crippen molar-refractivity contribution in [2.24, 2.45) is 5.73 Å². The minimum atomic E-state index is -0.338. The van der Waals surface area contributed by atoms with E-state index >= 15 is 0 Å². The Bertz CT molecular complexity index is 117. The third-order valence-corrected chi connectivity index (χ3v) is 1.44. The Kier molecular flexibility index (Phi) is 5.78. The van der Waals surface area contributed by atoms with Crippen LogP contribution in [0, 0.1) is 0 Å². The van der Waals surface area contributed by atoms with Gasteiger partial charge in [-0.15, -0.1) is 0 Å². The smallest absolute Gasteiger partial charge is 0.319 e. The van der Waals surface area contributed by atoms with Crippen molar-refractivity contribution in [1.29, 1.82) is 0 Å². The highest BCUT2D eigenvalue weighted by atomic mass is 16.5. The monoisotopic (exact) mass is 160 g/mol. The maximum Gasteiger partial charge on any atom is 0.319 e. The van der Waals surface area contributed by atoms with E-state index in [1.54, 1.807) is 0 Å². The average Bonchev–Trinajstić information content (AvgIpc) is 2.04. The van der Waals surface area contributed by atoms with E-state index in [0.29, 0.717) is 6.61 Å². The van der Waals surface area contributed by atoms with Gasteiger partial charge < -0.3 is 15.4 Å². The Labute approximate surface area is 67.3 Å². The topological polar surface area (TPSA) is 55.6 Å². The van der Waals surface area contributed by atoms with Crippen LogP contribution >= 0.6 is 0 Å². The van der Waals surface area contributed by atoms with Crippen molar-refractivity contribution in [3.63, 3.8) is 0 Å². The average molecular weight is 160 g/mol. The van der Waals surface area contributed by atoms with Crippen LogP contribution in [0.15, 0.2) is 0 Å². The summed E-state index contributed by atoms with van der Waals surface area (Å²) in [6.45, 7) is 4.17. The van der Waals surface area contributed by atoms with Gasteiger partial charge >= 0.3 is 5.97 Å². The van der Waals surface area contributed by atoms with Crippen LogP contribution in [0.5, 0.6) is 0 Å². The van der Waals surface area contributed by atoms with Crippen LogP contribution in [0.4, 0.5) is 0 Å². The van der Waals surface area contributed by atoms with Gasteiger partial charge in [-0.25, -0.2) is 0 Å². The first-order chi connectivity index (χ1) is 5.20. The third-order valence-electron chi connectivity index (χ3n) is 1.44. The summed E-state index contributed by atoms with van der Waals surface area (Å²) in [5, 5.41) is 0. The molecular weight excluding hydrogens is 144 g/mol. The lowest BCUT2D eigenvalue weighted by Gasteiger charge is -2.12. The predicted octanol–water partition coefficient (Wildman–Crippen LogP) is -0.560. The molecule has 0 heterocycles. The first kappa shape index (κ1) is 10.4. The predicted molar refractivity (Wildman–Crippen MR) is 43.2 cm³/mol. The van der Waals surface area contributed by atoms with Crippen molar-refractivity contribution in [3.8, 4) is 0 Å². The molecule has 0 spiro atoms. The molecule has 0 unspecified atom stereocenters. The highest BCUT2D eigenvalue weighted by Crippen LogP contribution is 1.82. The molecular formula is C7H16N2O2. The Morgan fingerprint density at radius 3 is 2.73 bits per heavy atom. The zero-order valence-corrected chi connectivity index (χ0v) is 7.17. The van der Waals surface area contributed by atoms with Crippen LogP contribution in [-0.2, 0) is 9.53 Å². The molecule has 0 aliphatic carbocycles. The summed E-state index contributed by atoms with van der Waals surface area (Å²) in [5.41, 5.74) is 5.03. The van der Waals surface area contributed by atoms with Crippen LogP contribution in [0.3, 0.4) is 0 Å². The summed E-state index contributed by atoms with van der Waals surface area (Å²) in [7, 11) is 1.97. The molecule has 0 aromatic carbocycles. The van der Waals surface area contributed by atoms with Crippen molar-refractivity contribution in [1.82, 2.24) is 4.90 Å². The number of hydrogen-bond acceptors (Lipinski definition) is 4. The van der Waals surface area contributed by atoms with Gasteiger partial charge in [-0.05, 0) is 13.6 Å². The number of carbonyl (C=O) groups excluding carboxylic acids is 1. The van der Waals surface area contributed by atoms with Crippen LogP contribution in [0.2, 0.25) is 0 Å². The van der Waals surface area contributed by atoms with E-state index in [9.17, 15) is 4.79 Å². The van der Waals surface area contributed by atoms with Crippen molar-refractivity contribution < 1.29 is 9.53 Å². The van der Waals surface area contributed by atoms with Crippen molar-refractivity contribution >= 4 is 5.97 Å². The van der Waals surface area contributed by atoms with Gasteiger partial charge in [-0.1, -0.05) is 6.92 Å². The van der Waals surface area contributed by atoms with Gasteiger partial charge in [0.1, 0.15) is 6.61 Å². The minimum Gasteiger partial charge on any atom is -0.463 e. The second kappa shape index (κ2) is 6.12. The number of esters is 1. The summed E-state index contributed by atoms with van der Waals surface area (Å²) in [5.74, 6) is -0.338. The number of hydrogen-bond donors (Lipinski definition) is 1. The molecule has 0 bridgehead atoms. The van der Waals surface area contributed by atoms with Crippen LogP contribution in [0.25, 0.3) is 0 Å². The lowest BCUT2D eigenvalue weighted by atomic mass is 10.5. The molecule has 0 aromatic heterocycles. The molecule has 0 aliphatic heterocycles. The normalized spacial score (nSPS) is 10.2. The zero-order valence-electron chi connectivity index (χ0n) is 7.17. The molecule has 0 saturated heterocycles. The molecule has 0 amide bonds. The van der Waals surface area contributed by atoms with E-state index in [1.807, 2.05) is 14.0 Å². The largest absolute Gasteiger partial charge is 0.463 e. The molecule has 0 radical (unpaired) electrons. The third kappa shape index (κ3) is 5.82. The van der Waals surface area contributed by atoms with E-state index in [0.717, 1.165) is 13.1 Å². The highest BCUT2D eigenvalue weighted by molar-refractivity contribution is 5.71. The first-order valence-corrected chi connectivity index (χ1v) is 3.75. The van der Waals surface area contributed by atoms with E-state index in [4.69, 9.17) is 10.5 Å². The van der Waals surface area contributed by atoms with Crippen LogP contribution in [0.1, 0.15) is 6.92 Å². The SMILES string of the molecule is CCN(C)CCOC(=O)CN. The standard InChI is InChI=1S/C7H16N2O2/c1-3-9(2)4-5-11-7(10)6-8/h3-6,8H2,1-2H3. The molecule has 2 N–H and O–H groups in total. The molecule has 0 rings (SSSR count). The summed E-state index contributed by atoms with van der Waals surface area (Å²) in [6, 6.07) is 0. The maximum absolute atomic E-state index is 10.5. The van der Waals surface area contributed by atoms with Crippen molar-refractivity contribution in [2.45, 2.75) is 6.92 Å². The van der Waals surface area contributed by atoms with Crippen molar-refractivity contribution in [2.75, 3.05) is 33.3 Å². The lowest BCUT2D eigenvalue weighted by molar-refractivity contribution is -0.142. The van der Waals surface area contributed by atoms with Gasteiger partial charge in [-0.2, -0.15) is 0 Å². The fourth-order valence-electron chi connectivity index (χ4n) is 0.532. The fourth-order valence-corrected chi connectivity index (χ4v) is 0.532. The Morgan fingerprint density at radius 1 is 1.64 bits per heavy atom. The van der Waals surface area contributed by atoms with Crippen molar-refractivity contribution in [3.05, 3.63) is 0 Å². The number of nitrogens with zero attached hydrogens (tertiary/aromatic N) is 1. The molecule has 0 aromatic rings. The second-order valence-corrected chi connectivity index (χ2v) is 2.32. The first-order valence-electron chi connectivity index (χ1n) is 3.75. The summed E-state index contributed by atoms with van der Waals surface area (Å²) >= 11 is 0. The zero-order chi connectivity index (χ0) is 8.69. The molecule has 0 saturated carbocycles. The number of ether oxygens (including phenoxy) is 1. The maximum atomic E-state index is 10.5. The van der Waals surface area contributed by atoms with E-state index < -0.39 is 0 Å². The van der Waals surface area contributed by atoms with Crippen LogP contribution in [-0.4, -0.2) is 44.2 Å². The molecule has 0 fully saturated rings. The fraction of sp³-hybridized carbons (Fsp3) is 0.857. The molecule has 4 heteroatoms. The second-order valence-electron chi connectivity index (χ2n) is 2.32. The van der Waals surface area contributed by atoms with Gasteiger partial charge in [0.05, 0.1) is 6.54 Å². The lowest BCUT2D eigenvalue weighted by Crippen LogP contribution is -2.26. The minimum absolute atomic E-state index is 0.0319. The summed E-state index contributed by atoms with van der Waals surface area (Å²) in [6.07, 6.45) is 0. The number of rotatable bonds is 5. The Balaban J connectivity index is 3.20. The molecule has 11 heavy (non-hydrogen) atoms. The van der Waals surface area contributed by atoms with Crippen LogP contribution < -0.4 is 5.73 Å². The molecule has 66 valence electrons. The number of nitrogens with two attached hydrogens (primary N) is 1. The van der Waals surface area contributed by atoms with Gasteiger partial charge in [0.15, 0.2) is 0 Å². The van der Waals surface area contributed by atoms with E-state index in [2.05, 4.69) is 4.90 Å². The highest BCUT2D eigenvalue weighted by Gasteiger charge is 1.98. The summed E-state index contributed by atoms with van der Waals surface area (Å²) in [4.78, 5) is 12.6. The number of carbonyl (C=O) groups is 1. The number of likely N-dealkylation sites (N-methyl/N-ethyl adjacent to an activating group) is 1. The summed E-state index contributed by atoms with van der Waals surface area (Å²) < 4.78 is 4.76. The van der Waals surface area contributed by atoms with Gasteiger partial charge in [0, 0.05) is 6.54 Å².